The molecule has 5 nitrogen and oxygen atoms in total. The van der Waals surface area contributed by atoms with Crippen molar-refractivity contribution in [2.45, 2.75) is 44.2 Å². The van der Waals surface area contributed by atoms with Gasteiger partial charge in [0, 0.05) is 24.2 Å². The zero-order valence-corrected chi connectivity index (χ0v) is 18.0. The summed E-state index contributed by atoms with van der Waals surface area (Å²) in [7, 11) is 0. The molecule has 0 aliphatic heterocycles. The quantitative estimate of drug-likeness (QED) is 0.467. The number of nitriles is 1. The average Bonchev–Trinajstić information content (AvgIpc) is 3.32. The van der Waals surface area contributed by atoms with E-state index in [0.29, 0.717) is 17.6 Å². The van der Waals surface area contributed by atoms with Gasteiger partial charge in [-0.2, -0.15) is 10.4 Å². The Labute approximate surface area is 188 Å². The van der Waals surface area contributed by atoms with Crippen LogP contribution in [0.5, 0.6) is 0 Å². The summed E-state index contributed by atoms with van der Waals surface area (Å²) in [5, 5.41) is 18.0. The molecule has 160 valence electrons. The Bertz CT molecular complexity index is 1240. The predicted octanol–water partition coefficient (Wildman–Crippen LogP) is 5.15. The maximum absolute atomic E-state index is 9.87. The molecule has 1 saturated carbocycles. The SMILES string of the molecule is N#Cc1c(NC2CCC(N)CC2)cc(Cc2ccc(-c3ccccc3)cc2)n2nccc12. The second-order valence-corrected chi connectivity index (χ2v) is 8.66. The summed E-state index contributed by atoms with van der Waals surface area (Å²) in [5.74, 6) is 0. The molecule has 0 spiro atoms. The summed E-state index contributed by atoms with van der Waals surface area (Å²) < 4.78 is 1.89. The summed E-state index contributed by atoms with van der Waals surface area (Å²) in [4.78, 5) is 0. The van der Waals surface area contributed by atoms with Crippen molar-refractivity contribution in [3.8, 4) is 17.2 Å². The Morgan fingerprint density at radius 3 is 2.41 bits per heavy atom. The van der Waals surface area contributed by atoms with E-state index in [-0.39, 0.29) is 0 Å². The van der Waals surface area contributed by atoms with Crippen LogP contribution >= 0.6 is 0 Å². The molecular formula is C27H27N5. The van der Waals surface area contributed by atoms with Crippen molar-refractivity contribution in [3.05, 3.63) is 89.7 Å². The minimum Gasteiger partial charge on any atom is -0.381 e. The van der Waals surface area contributed by atoms with Gasteiger partial charge in [-0.05, 0) is 54.5 Å². The summed E-state index contributed by atoms with van der Waals surface area (Å²) in [6, 6.07) is 26.1. The van der Waals surface area contributed by atoms with E-state index >= 15 is 0 Å². The van der Waals surface area contributed by atoms with Gasteiger partial charge in [0.25, 0.3) is 0 Å². The third-order valence-corrected chi connectivity index (χ3v) is 6.44. The van der Waals surface area contributed by atoms with Crippen molar-refractivity contribution in [2.24, 2.45) is 5.73 Å². The zero-order chi connectivity index (χ0) is 21.9. The van der Waals surface area contributed by atoms with Gasteiger partial charge in [0.15, 0.2) is 0 Å². The second-order valence-electron chi connectivity index (χ2n) is 8.66. The topological polar surface area (TPSA) is 79.1 Å². The van der Waals surface area contributed by atoms with Crippen molar-refractivity contribution in [2.75, 3.05) is 5.32 Å². The van der Waals surface area contributed by atoms with Crippen molar-refractivity contribution >= 4 is 11.2 Å². The normalized spacial score (nSPS) is 18.4. The van der Waals surface area contributed by atoms with E-state index in [1.54, 1.807) is 6.20 Å². The molecular weight excluding hydrogens is 394 g/mol. The molecule has 2 heterocycles. The van der Waals surface area contributed by atoms with E-state index in [9.17, 15) is 5.26 Å². The summed E-state index contributed by atoms with van der Waals surface area (Å²) >= 11 is 0. The van der Waals surface area contributed by atoms with Gasteiger partial charge in [0.2, 0.25) is 0 Å². The molecule has 2 aromatic heterocycles. The molecule has 32 heavy (non-hydrogen) atoms. The highest BCUT2D eigenvalue weighted by atomic mass is 15.2. The van der Waals surface area contributed by atoms with Crippen LogP contribution in [0, 0.1) is 11.3 Å². The first-order valence-corrected chi connectivity index (χ1v) is 11.3. The number of hydrogen-bond donors (Lipinski definition) is 2. The number of anilines is 1. The van der Waals surface area contributed by atoms with Crippen molar-refractivity contribution < 1.29 is 0 Å². The van der Waals surface area contributed by atoms with E-state index in [1.165, 1.54) is 16.7 Å². The second kappa shape index (κ2) is 8.86. The number of pyridine rings is 1. The number of benzene rings is 2. The first kappa shape index (κ1) is 20.3. The Morgan fingerprint density at radius 2 is 1.69 bits per heavy atom. The van der Waals surface area contributed by atoms with Gasteiger partial charge in [0.1, 0.15) is 11.6 Å². The highest BCUT2D eigenvalue weighted by Crippen LogP contribution is 2.28. The largest absolute Gasteiger partial charge is 0.381 e. The summed E-state index contributed by atoms with van der Waals surface area (Å²) in [5.41, 5.74) is 13.2. The lowest BCUT2D eigenvalue weighted by molar-refractivity contribution is 0.411. The van der Waals surface area contributed by atoms with Crippen LogP contribution in [0.15, 0.2) is 72.9 Å². The van der Waals surface area contributed by atoms with E-state index < -0.39 is 0 Å². The maximum atomic E-state index is 9.87. The Kier molecular flexibility index (Phi) is 5.62. The molecule has 0 saturated heterocycles. The molecule has 0 bridgehead atoms. The number of fused-ring (bicyclic) bond motifs is 1. The van der Waals surface area contributed by atoms with Crippen LogP contribution in [0.1, 0.15) is 42.5 Å². The van der Waals surface area contributed by atoms with Crippen LogP contribution in [0.4, 0.5) is 5.69 Å². The molecule has 0 atom stereocenters. The molecule has 5 heteroatoms. The van der Waals surface area contributed by atoms with Crippen LogP contribution in [-0.4, -0.2) is 21.7 Å². The minimum atomic E-state index is 0.301. The molecule has 1 fully saturated rings. The van der Waals surface area contributed by atoms with Crippen molar-refractivity contribution in [3.63, 3.8) is 0 Å². The smallest absolute Gasteiger partial charge is 0.104 e. The lowest BCUT2D eigenvalue weighted by atomic mass is 9.91. The van der Waals surface area contributed by atoms with Crippen LogP contribution in [0.2, 0.25) is 0 Å². The fourth-order valence-corrected chi connectivity index (χ4v) is 4.65. The minimum absolute atomic E-state index is 0.301. The fraction of sp³-hybridized carbons (Fsp3) is 0.259. The van der Waals surface area contributed by atoms with E-state index in [0.717, 1.165) is 49.0 Å². The third kappa shape index (κ3) is 4.10. The lowest BCUT2D eigenvalue weighted by Gasteiger charge is -2.28. The molecule has 0 unspecified atom stereocenters. The van der Waals surface area contributed by atoms with Gasteiger partial charge in [-0.3, -0.25) is 0 Å². The fourth-order valence-electron chi connectivity index (χ4n) is 4.65. The summed E-state index contributed by atoms with van der Waals surface area (Å²) in [6.07, 6.45) is 6.62. The summed E-state index contributed by atoms with van der Waals surface area (Å²) in [6.45, 7) is 0. The molecule has 4 aromatic rings. The molecule has 5 rings (SSSR count). The molecule has 0 radical (unpaired) electrons. The van der Waals surface area contributed by atoms with Crippen LogP contribution < -0.4 is 11.1 Å². The Hall–Kier alpha value is -3.62. The third-order valence-electron chi connectivity index (χ3n) is 6.44. The predicted molar refractivity (Wildman–Crippen MR) is 128 cm³/mol. The van der Waals surface area contributed by atoms with E-state index in [4.69, 9.17) is 5.73 Å². The number of nitrogens with zero attached hydrogens (tertiary/aromatic N) is 3. The van der Waals surface area contributed by atoms with Gasteiger partial charge in [-0.15, -0.1) is 0 Å². The standard InChI is InChI=1S/C27H27N5/c28-18-25-26(31-23-12-10-22(29)11-13-23)17-24(32-27(25)14-15-30-32)16-19-6-8-21(9-7-19)20-4-2-1-3-5-20/h1-9,14-15,17,22-23,31H,10-13,16,29H2. The van der Waals surface area contributed by atoms with Crippen LogP contribution in [-0.2, 0) is 6.42 Å². The van der Waals surface area contributed by atoms with E-state index in [2.05, 4.69) is 71.1 Å². The zero-order valence-electron chi connectivity index (χ0n) is 18.0. The van der Waals surface area contributed by atoms with Crippen LogP contribution in [0.25, 0.3) is 16.6 Å². The monoisotopic (exact) mass is 421 g/mol. The number of hydrogen-bond acceptors (Lipinski definition) is 4. The van der Waals surface area contributed by atoms with E-state index in [1.807, 2.05) is 16.6 Å². The molecule has 2 aromatic carbocycles. The average molecular weight is 422 g/mol. The van der Waals surface area contributed by atoms with Gasteiger partial charge < -0.3 is 11.1 Å². The molecule has 1 aliphatic carbocycles. The van der Waals surface area contributed by atoms with Crippen molar-refractivity contribution in [1.82, 2.24) is 9.61 Å². The maximum Gasteiger partial charge on any atom is 0.104 e. The lowest BCUT2D eigenvalue weighted by Crippen LogP contribution is -2.33. The Balaban J connectivity index is 1.44. The number of nitrogens with two attached hydrogens (primary N) is 1. The van der Waals surface area contributed by atoms with Crippen molar-refractivity contribution in [1.29, 1.82) is 5.26 Å². The van der Waals surface area contributed by atoms with Gasteiger partial charge in [0.05, 0.1) is 17.4 Å². The van der Waals surface area contributed by atoms with Gasteiger partial charge in [-0.25, -0.2) is 4.52 Å². The highest BCUT2D eigenvalue weighted by molar-refractivity contribution is 5.74. The molecule has 1 aliphatic rings. The van der Waals surface area contributed by atoms with Gasteiger partial charge in [-0.1, -0.05) is 54.6 Å². The first-order chi connectivity index (χ1) is 15.7. The first-order valence-electron chi connectivity index (χ1n) is 11.3. The van der Waals surface area contributed by atoms with Gasteiger partial charge >= 0.3 is 0 Å². The molecule has 3 N–H and O–H groups in total. The molecule has 0 amide bonds. The number of aromatic nitrogens is 2. The van der Waals surface area contributed by atoms with Crippen LogP contribution in [0.3, 0.4) is 0 Å². The number of nitrogens with one attached hydrogen (secondary N) is 1. The number of rotatable bonds is 5. The highest BCUT2D eigenvalue weighted by Gasteiger charge is 2.21. The Morgan fingerprint density at radius 1 is 0.969 bits per heavy atom.